The zero-order valence-electron chi connectivity index (χ0n) is 7.96. The van der Waals surface area contributed by atoms with Gasteiger partial charge in [-0.05, 0) is 0 Å². The Hall–Kier alpha value is -0.0766. The molecule has 0 atom stereocenters. The maximum absolute atomic E-state index is 9.49. The second-order valence-electron chi connectivity index (χ2n) is 1.55. The van der Waals surface area contributed by atoms with E-state index in [2.05, 4.69) is 21.5 Å². The topological polar surface area (TPSA) is 86.7 Å². The second kappa shape index (κ2) is 16.4. The summed E-state index contributed by atoms with van der Waals surface area (Å²) in [7, 11) is -4.77. The fraction of sp³-hybridized carbons (Fsp3) is 0.333. The zero-order chi connectivity index (χ0) is 11.4. The minimum atomic E-state index is -2.39. The Morgan fingerprint density at radius 3 is 1.20 bits per heavy atom. The molecule has 9 heteroatoms. The number of rotatable bonds is 6. The first-order valence-corrected chi connectivity index (χ1v) is 5.21. The summed E-state index contributed by atoms with van der Waals surface area (Å²) < 4.78 is 45.9. The largest absolute Gasteiger partial charge is 2.00 e. The van der Waals surface area contributed by atoms with Crippen molar-refractivity contribution in [3.8, 4) is 0 Å². The van der Waals surface area contributed by atoms with Crippen LogP contribution in [0.2, 0.25) is 0 Å². The fourth-order valence-corrected chi connectivity index (χ4v) is 0.622. The summed E-state index contributed by atoms with van der Waals surface area (Å²) in [5.41, 5.74) is 0. The molecular weight excluding hydrogens is 298 g/mol. The van der Waals surface area contributed by atoms with Crippen molar-refractivity contribution in [3.05, 3.63) is 25.3 Å². The molecule has 0 unspecified atom stereocenters. The van der Waals surface area contributed by atoms with Crippen LogP contribution in [0.1, 0.15) is 0 Å². The normalized spacial score (nSPS) is 8.67. The Labute approximate surface area is 105 Å². The molecule has 0 N–H and O–H groups in total. The summed E-state index contributed by atoms with van der Waals surface area (Å²) in [5.74, 6) is 0. The standard InChI is InChI=1S/2C3H5O3S.Zn/c2*1-2-3-6-7(4)5;/h2*2H,1,3H2;/q2*-1;+2. The van der Waals surface area contributed by atoms with Gasteiger partial charge in [0.25, 0.3) is 0 Å². The van der Waals surface area contributed by atoms with Gasteiger partial charge in [0, 0.05) is 13.2 Å². The molecule has 84 valence electrons. The molecule has 0 aromatic carbocycles. The van der Waals surface area contributed by atoms with E-state index in [9.17, 15) is 16.8 Å². The van der Waals surface area contributed by atoms with Crippen molar-refractivity contribution < 1.29 is 44.7 Å². The monoisotopic (exact) mass is 306 g/mol. The van der Waals surface area contributed by atoms with E-state index in [1.807, 2.05) is 0 Å². The summed E-state index contributed by atoms with van der Waals surface area (Å²) >= 11 is 0. The van der Waals surface area contributed by atoms with E-state index >= 15 is 0 Å². The second-order valence-corrected chi connectivity index (χ2v) is 2.84. The average molecular weight is 308 g/mol. The van der Waals surface area contributed by atoms with Crippen LogP contribution in [0.3, 0.4) is 0 Å². The smallest absolute Gasteiger partial charge is 0.421 e. The van der Waals surface area contributed by atoms with Gasteiger partial charge in [0.1, 0.15) is 0 Å². The Balaban J connectivity index is -0.000000180. The van der Waals surface area contributed by atoms with Crippen LogP contribution in [0.5, 0.6) is 0 Å². The maximum Gasteiger partial charge on any atom is 2.00 e. The maximum atomic E-state index is 9.49. The van der Waals surface area contributed by atoms with E-state index in [1.165, 1.54) is 12.2 Å². The molecule has 0 bridgehead atoms. The van der Waals surface area contributed by atoms with Crippen LogP contribution in [0.25, 0.3) is 0 Å². The molecule has 0 aliphatic carbocycles. The molecule has 0 saturated heterocycles. The predicted octanol–water partition coefficient (Wildman–Crippen LogP) is 0.824. The van der Waals surface area contributed by atoms with Crippen LogP contribution in [-0.2, 0) is 66.6 Å². The third kappa shape index (κ3) is 31.5. The number of hydrogen-bond donors (Lipinski definition) is 0. The fourth-order valence-electron chi connectivity index (χ4n) is 0.207. The first-order chi connectivity index (χ1) is 6.54. The van der Waals surface area contributed by atoms with Gasteiger partial charge in [-0.25, -0.2) is 0 Å². The van der Waals surface area contributed by atoms with Crippen molar-refractivity contribution in [3.63, 3.8) is 0 Å². The van der Waals surface area contributed by atoms with Gasteiger partial charge in [-0.1, -0.05) is 12.2 Å². The van der Waals surface area contributed by atoms with Crippen molar-refractivity contribution in [2.45, 2.75) is 0 Å². The minimum absolute atomic E-state index is 0. The van der Waals surface area contributed by atoms with Crippen molar-refractivity contribution in [1.29, 1.82) is 0 Å². The van der Waals surface area contributed by atoms with Crippen LogP contribution in [0, 0.1) is 0 Å². The van der Waals surface area contributed by atoms with E-state index in [-0.39, 0.29) is 32.7 Å². The van der Waals surface area contributed by atoms with Crippen LogP contribution in [-0.4, -0.2) is 13.2 Å². The Kier molecular flexibility index (Phi) is 22.2. The Bertz CT molecular complexity index is 250. The molecule has 0 radical (unpaired) electrons. The third-order valence-corrected chi connectivity index (χ3v) is 1.22. The van der Waals surface area contributed by atoms with Crippen molar-refractivity contribution in [2.75, 3.05) is 13.2 Å². The average Bonchev–Trinajstić information content (AvgIpc) is 2.12. The van der Waals surface area contributed by atoms with Gasteiger partial charge in [0.2, 0.25) is 0 Å². The quantitative estimate of drug-likeness (QED) is 0.410. The van der Waals surface area contributed by atoms with Gasteiger partial charge in [0.15, 0.2) is 0 Å². The first kappa shape index (κ1) is 20.3. The summed E-state index contributed by atoms with van der Waals surface area (Å²) in [6.07, 6.45) is 2.71. The Morgan fingerprint density at radius 2 is 1.13 bits per heavy atom. The molecule has 0 aliphatic heterocycles. The molecule has 0 fully saturated rings. The molecule has 0 saturated carbocycles. The molecule has 0 heterocycles. The summed E-state index contributed by atoms with van der Waals surface area (Å²) in [4.78, 5) is 0. The van der Waals surface area contributed by atoms with E-state index in [0.717, 1.165) is 0 Å². The third-order valence-electron chi connectivity index (χ3n) is 0.564. The van der Waals surface area contributed by atoms with Gasteiger partial charge in [-0.2, -0.15) is 0 Å². The van der Waals surface area contributed by atoms with Gasteiger partial charge in [-0.15, -0.1) is 13.2 Å². The van der Waals surface area contributed by atoms with Crippen LogP contribution < -0.4 is 0 Å². The minimum Gasteiger partial charge on any atom is -0.421 e. The van der Waals surface area contributed by atoms with Crippen molar-refractivity contribution >= 4 is 22.0 Å². The summed E-state index contributed by atoms with van der Waals surface area (Å²) in [5, 5.41) is 0. The zero-order valence-corrected chi connectivity index (χ0v) is 12.6. The van der Waals surface area contributed by atoms with Crippen LogP contribution in [0.4, 0.5) is 0 Å². The van der Waals surface area contributed by atoms with Gasteiger partial charge in [-0.3, -0.25) is 0 Å². The summed E-state index contributed by atoms with van der Waals surface area (Å²) in [6, 6.07) is 0. The molecular formula is C6H10O6S2Zn. The molecule has 0 aromatic rings. The van der Waals surface area contributed by atoms with E-state index < -0.39 is 22.0 Å². The van der Waals surface area contributed by atoms with Crippen molar-refractivity contribution in [2.24, 2.45) is 0 Å². The van der Waals surface area contributed by atoms with Gasteiger partial charge < -0.3 is 25.2 Å². The Morgan fingerprint density at radius 1 is 0.867 bits per heavy atom. The van der Waals surface area contributed by atoms with Gasteiger partial charge >= 0.3 is 19.5 Å². The van der Waals surface area contributed by atoms with Gasteiger partial charge in [0.05, 0.1) is 22.0 Å². The van der Waals surface area contributed by atoms with Crippen LogP contribution >= 0.6 is 0 Å². The molecule has 0 aliphatic rings. The molecule has 0 rings (SSSR count). The molecule has 6 nitrogen and oxygen atoms in total. The molecule has 15 heavy (non-hydrogen) atoms. The predicted molar refractivity (Wildman–Crippen MR) is 49.8 cm³/mol. The molecule has 0 spiro atoms. The first-order valence-electron chi connectivity index (χ1n) is 3.21. The van der Waals surface area contributed by atoms with E-state index in [0.29, 0.717) is 0 Å². The SMILES string of the molecule is C=CCO[S-](=O)=O.C=CCO[S-](=O)=O.[Zn+2]. The molecule has 0 aromatic heterocycles. The summed E-state index contributed by atoms with van der Waals surface area (Å²) in [6.45, 7) is 6.57. The number of hydrogen-bond acceptors (Lipinski definition) is 8. The van der Waals surface area contributed by atoms with Crippen LogP contribution in [0.15, 0.2) is 25.3 Å². The van der Waals surface area contributed by atoms with E-state index in [1.54, 1.807) is 0 Å². The molecule has 0 amide bonds. The van der Waals surface area contributed by atoms with E-state index in [4.69, 9.17) is 0 Å². The van der Waals surface area contributed by atoms with Crippen molar-refractivity contribution in [1.82, 2.24) is 0 Å².